The number of nitriles is 1. The second-order valence-corrected chi connectivity index (χ2v) is 3.28. The molecule has 0 heterocycles. The fourth-order valence-corrected chi connectivity index (χ4v) is 1.29. The van der Waals surface area contributed by atoms with Crippen LogP contribution >= 0.6 is 27.5 Å². The van der Waals surface area contributed by atoms with E-state index in [4.69, 9.17) is 16.9 Å². The number of nitrogens with zero attached hydrogens (tertiary/aromatic N) is 1. The molecule has 1 aromatic carbocycles. The van der Waals surface area contributed by atoms with Crippen LogP contribution in [-0.4, -0.2) is 5.91 Å². The van der Waals surface area contributed by atoms with Gasteiger partial charge in [-0.2, -0.15) is 5.26 Å². The van der Waals surface area contributed by atoms with Crippen LogP contribution in [0.15, 0.2) is 18.2 Å². The van der Waals surface area contributed by atoms with E-state index in [1.165, 1.54) is 6.07 Å². The van der Waals surface area contributed by atoms with Crippen LogP contribution in [0.3, 0.4) is 0 Å². The Kier molecular flexibility index (Phi) is 4.17. The number of amides is 1. The fourth-order valence-electron chi connectivity index (χ4n) is 0.883. The summed E-state index contributed by atoms with van der Waals surface area (Å²) < 4.78 is 0. The minimum absolute atomic E-state index is 0.304. The van der Waals surface area contributed by atoms with Gasteiger partial charge in [-0.3, -0.25) is 4.79 Å². The number of anilines is 1. The van der Waals surface area contributed by atoms with Crippen molar-refractivity contribution in [2.24, 2.45) is 0 Å². The number of benzene rings is 1. The molecule has 0 aromatic heterocycles. The van der Waals surface area contributed by atoms with E-state index in [0.717, 1.165) is 0 Å². The number of rotatable bonds is 1. The van der Waals surface area contributed by atoms with Gasteiger partial charge in [-0.15, -0.1) is 0 Å². The Morgan fingerprint density at radius 1 is 1.53 bits per heavy atom. The summed E-state index contributed by atoms with van der Waals surface area (Å²) in [7, 11) is 0. The molecule has 0 aliphatic heterocycles. The zero-order chi connectivity index (χ0) is 11.3. The molecule has 0 unspecified atom stereocenters. The Hall–Kier alpha value is -1.49. The van der Waals surface area contributed by atoms with Crippen molar-refractivity contribution in [3.63, 3.8) is 0 Å². The van der Waals surface area contributed by atoms with Gasteiger partial charge in [0.1, 0.15) is 0 Å². The van der Waals surface area contributed by atoms with Gasteiger partial charge in [-0.1, -0.05) is 11.6 Å². The van der Waals surface area contributed by atoms with E-state index in [2.05, 4.69) is 32.0 Å². The lowest BCUT2D eigenvalue weighted by Crippen LogP contribution is -2.08. The van der Waals surface area contributed by atoms with Gasteiger partial charge in [0.15, 0.2) is 0 Å². The molecule has 1 rings (SSSR count). The molecular formula is C10H4BrClN2O. The third kappa shape index (κ3) is 3.28. The molecule has 0 aliphatic rings. The number of nitrogens with one attached hydrogen (secondary N) is 1. The van der Waals surface area contributed by atoms with Crippen molar-refractivity contribution < 1.29 is 4.79 Å². The van der Waals surface area contributed by atoms with Crippen LogP contribution in [0.2, 0.25) is 5.02 Å². The average Bonchev–Trinajstić information content (AvgIpc) is 2.21. The standard InChI is InChI=1S/C10H4BrClN2O/c11-4-3-10(15)14-9-2-1-7(6-13)5-8(9)12/h1-2,5H,(H,14,15). The lowest BCUT2D eigenvalue weighted by Gasteiger charge is -2.03. The largest absolute Gasteiger partial charge is 0.314 e. The molecular weight excluding hydrogens is 279 g/mol. The smallest absolute Gasteiger partial charge is 0.301 e. The second-order valence-electron chi connectivity index (χ2n) is 2.48. The molecule has 74 valence electrons. The van der Waals surface area contributed by atoms with Gasteiger partial charge in [-0.05, 0) is 23.0 Å². The summed E-state index contributed by atoms with van der Waals surface area (Å²) >= 11 is 8.63. The van der Waals surface area contributed by atoms with E-state index in [1.54, 1.807) is 12.1 Å². The summed E-state index contributed by atoms with van der Waals surface area (Å²) in [6.45, 7) is 0. The topological polar surface area (TPSA) is 52.9 Å². The number of hydrogen-bond donors (Lipinski definition) is 1. The first kappa shape index (κ1) is 11.6. The van der Waals surface area contributed by atoms with E-state index >= 15 is 0 Å². The second kappa shape index (κ2) is 5.41. The minimum atomic E-state index is -0.474. The molecule has 5 heteroatoms. The van der Waals surface area contributed by atoms with Gasteiger partial charge in [0.2, 0.25) is 0 Å². The van der Waals surface area contributed by atoms with Crippen molar-refractivity contribution in [3.8, 4) is 16.8 Å². The molecule has 3 nitrogen and oxygen atoms in total. The Bertz CT molecular complexity index is 496. The van der Waals surface area contributed by atoms with Crippen molar-refractivity contribution in [1.82, 2.24) is 0 Å². The zero-order valence-electron chi connectivity index (χ0n) is 7.34. The van der Waals surface area contributed by atoms with E-state index in [0.29, 0.717) is 16.3 Å². The van der Waals surface area contributed by atoms with Crippen molar-refractivity contribution in [2.45, 2.75) is 0 Å². The van der Waals surface area contributed by atoms with Crippen LogP contribution in [0.1, 0.15) is 5.56 Å². The number of carbonyl (C=O) groups excluding carboxylic acids is 1. The highest BCUT2D eigenvalue weighted by Crippen LogP contribution is 2.22. The molecule has 1 amide bonds. The highest BCUT2D eigenvalue weighted by molar-refractivity contribution is 9.12. The summed E-state index contributed by atoms with van der Waals surface area (Å²) in [5.41, 5.74) is 0.862. The highest BCUT2D eigenvalue weighted by Gasteiger charge is 2.04. The predicted molar refractivity (Wildman–Crippen MR) is 61.5 cm³/mol. The summed E-state index contributed by atoms with van der Waals surface area (Å²) in [5, 5.41) is 11.4. The van der Waals surface area contributed by atoms with E-state index in [1.807, 2.05) is 6.07 Å². The highest BCUT2D eigenvalue weighted by atomic mass is 79.9. The van der Waals surface area contributed by atoms with Crippen molar-refractivity contribution in [2.75, 3.05) is 5.32 Å². The van der Waals surface area contributed by atoms with Crippen LogP contribution in [0, 0.1) is 22.1 Å². The van der Waals surface area contributed by atoms with Gasteiger partial charge >= 0.3 is 5.91 Å². The average molecular weight is 284 g/mol. The summed E-state index contributed by atoms with van der Waals surface area (Å²) in [6.07, 6.45) is 0. The van der Waals surface area contributed by atoms with Gasteiger partial charge in [0.05, 0.1) is 22.3 Å². The van der Waals surface area contributed by atoms with Gasteiger partial charge in [0.25, 0.3) is 0 Å². The monoisotopic (exact) mass is 282 g/mol. The molecule has 0 saturated heterocycles. The van der Waals surface area contributed by atoms with Gasteiger partial charge in [-0.25, -0.2) is 0 Å². The van der Waals surface area contributed by atoms with Gasteiger partial charge in [0, 0.05) is 21.9 Å². The third-order valence-electron chi connectivity index (χ3n) is 1.51. The molecule has 1 aromatic rings. The van der Waals surface area contributed by atoms with Crippen LogP contribution < -0.4 is 5.32 Å². The molecule has 1 N–H and O–H groups in total. The van der Waals surface area contributed by atoms with Gasteiger partial charge < -0.3 is 5.32 Å². The van der Waals surface area contributed by atoms with Crippen LogP contribution in [0.4, 0.5) is 5.69 Å². The first-order valence-electron chi connectivity index (χ1n) is 3.79. The lowest BCUT2D eigenvalue weighted by atomic mass is 10.2. The van der Waals surface area contributed by atoms with E-state index < -0.39 is 5.91 Å². The third-order valence-corrected chi connectivity index (χ3v) is 2.02. The quantitative estimate of drug-likeness (QED) is 0.805. The van der Waals surface area contributed by atoms with Crippen molar-refractivity contribution in [3.05, 3.63) is 28.8 Å². The summed E-state index contributed by atoms with van der Waals surface area (Å²) in [6, 6.07) is 6.52. The van der Waals surface area contributed by atoms with Crippen molar-refractivity contribution in [1.29, 1.82) is 5.26 Å². The maximum atomic E-state index is 11.1. The lowest BCUT2D eigenvalue weighted by molar-refractivity contribution is -0.111. The molecule has 0 atom stereocenters. The number of carbonyl (C=O) groups is 1. The molecule has 0 aliphatic carbocycles. The zero-order valence-corrected chi connectivity index (χ0v) is 9.69. The van der Waals surface area contributed by atoms with E-state index in [-0.39, 0.29) is 0 Å². The molecule has 0 fully saturated rings. The minimum Gasteiger partial charge on any atom is -0.314 e. The van der Waals surface area contributed by atoms with Crippen LogP contribution in [-0.2, 0) is 4.79 Å². The SMILES string of the molecule is N#Cc1ccc(NC(=O)C#CBr)c(Cl)c1. The van der Waals surface area contributed by atoms with Crippen LogP contribution in [0.25, 0.3) is 0 Å². The molecule has 0 radical (unpaired) electrons. The van der Waals surface area contributed by atoms with Crippen molar-refractivity contribution >= 4 is 39.1 Å². The number of hydrogen-bond acceptors (Lipinski definition) is 2. The number of halogens is 2. The summed E-state index contributed by atoms with van der Waals surface area (Å²) in [5.74, 6) is 1.77. The van der Waals surface area contributed by atoms with E-state index in [9.17, 15) is 4.79 Å². The molecule has 15 heavy (non-hydrogen) atoms. The summed E-state index contributed by atoms with van der Waals surface area (Å²) in [4.78, 5) is 13.4. The maximum absolute atomic E-state index is 11.1. The Morgan fingerprint density at radius 3 is 2.80 bits per heavy atom. The first-order chi connectivity index (χ1) is 7.17. The molecule has 0 saturated carbocycles. The fraction of sp³-hybridized carbons (Fsp3) is 0. The predicted octanol–water partition coefficient (Wildman–Crippen LogP) is 2.51. The maximum Gasteiger partial charge on any atom is 0.301 e. The molecule has 0 spiro atoms. The molecule has 0 bridgehead atoms. The Morgan fingerprint density at radius 2 is 2.27 bits per heavy atom. The first-order valence-corrected chi connectivity index (χ1v) is 4.96. The normalized spacial score (nSPS) is 8.33. The Balaban J connectivity index is 2.92. The van der Waals surface area contributed by atoms with Crippen LogP contribution in [0.5, 0.6) is 0 Å². The Labute approximate surface area is 100 Å².